The standard InChI is InChI=1S/C16H31NO/c1-12(2)6-9-16(14-7-8-14)17-11-13-4-3-5-15(18)10-13/h12-18H,3-11H2,1-2H3. The normalized spacial score (nSPS) is 30.7. The van der Waals surface area contributed by atoms with E-state index in [0.29, 0.717) is 5.92 Å². The Labute approximate surface area is 113 Å². The number of aliphatic hydroxyl groups is 1. The number of rotatable bonds is 7. The third-order valence-electron chi connectivity index (χ3n) is 4.67. The minimum absolute atomic E-state index is 0.0272. The SMILES string of the molecule is CC(C)CCC(NCC1CCCC(O)C1)C1CC1. The largest absolute Gasteiger partial charge is 0.393 e. The van der Waals surface area contributed by atoms with Crippen LogP contribution >= 0.6 is 0 Å². The van der Waals surface area contributed by atoms with Gasteiger partial charge < -0.3 is 10.4 Å². The van der Waals surface area contributed by atoms with Gasteiger partial charge in [0.1, 0.15) is 0 Å². The Bertz CT molecular complexity index is 237. The lowest BCUT2D eigenvalue weighted by Crippen LogP contribution is -2.37. The maximum absolute atomic E-state index is 9.71. The summed E-state index contributed by atoms with van der Waals surface area (Å²) in [6.07, 6.45) is 10.1. The van der Waals surface area contributed by atoms with Gasteiger partial charge in [-0.3, -0.25) is 0 Å². The summed E-state index contributed by atoms with van der Waals surface area (Å²) in [5, 5.41) is 13.5. The Morgan fingerprint density at radius 1 is 1.11 bits per heavy atom. The van der Waals surface area contributed by atoms with Gasteiger partial charge in [-0.1, -0.05) is 20.3 Å². The summed E-state index contributed by atoms with van der Waals surface area (Å²) in [7, 11) is 0. The molecule has 2 saturated carbocycles. The second-order valence-corrected chi connectivity index (χ2v) is 7.01. The lowest BCUT2D eigenvalue weighted by Gasteiger charge is -2.28. The highest BCUT2D eigenvalue weighted by Gasteiger charge is 2.31. The van der Waals surface area contributed by atoms with Crippen molar-refractivity contribution in [3.63, 3.8) is 0 Å². The minimum Gasteiger partial charge on any atom is -0.393 e. The summed E-state index contributed by atoms with van der Waals surface area (Å²) in [6, 6.07) is 0.756. The van der Waals surface area contributed by atoms with Gasteiger partial charge in [-0.2, -0.15) is 0 Å². The molecule has 0 amide bonds. The van der Waals surface area contributed by atoms with E-state index >= 15 is 0 Å². The maximum atomic E-state index is 9.71. The fourth-order valence-electron chi connectivity index (χ4n) is 3.28. The van der Waals surface area contributed by atoms with Crippen molar-refractivity contribution in [3.8, 4) is 0 Å². The number of nitrogens with one attached hydrogen (secondary N) is 1. The molecule has 0 saturated heterocycles. The summed E-state index contributed by atoms with van der Waals surface area (Å²) < 4.78 is 0. The van der Waals surface area contributed by atoms with Crippen LogP contribution in [0.1, 0.15) is 65.2 Å². The van der Waals surface area contributed by atoms with Crippen molar-refractivity contribution in [1.82, 2.24) is 5.32 Å². The van der Waals surface area contributed by atoms with Crippen molar-refractivity contribution in [3.05, 3.63) is 0 Å². The molecular weight excluding hydrogens is 222 g/mol. The lowest BCUT2D eigenvalue weighted by molar-refractivity contribution is 0.0990. The molecule has 0 heterocycles. The first-order valence-corrected chi connectivity index (χ1v) is 8.06. The minimum atomic E-state index is -0.0272. The van der Waals surface area contributed by atoms with Crippen molar-refractivity contribution >= 4 is 0 Å². The molecule has 18 heavy (non-hydrogen) atoms. The quantitative estimate of drug-likeness (QED) is 0.729. The Morgan fingerprint density at radius 3 is 2.50 bits per heavy atom. The van der Waals surface area contributed by atoms with Gasteiger partial charge in [0.2, 0.25) is 0 Å². The van der Waals surface area contributed by atoms with Crippen LogP contribution in [0, 0.1) is 17.8 Å². The van der Waals surface area contributed by atoms with E-state index in [0.717, 1.165) is 37.3 Å². The van der Waals surface area contributed by atoms with Crippen molar-refractivity contribution in [2.24, 2.45) is 17.8 Å². The Hall–Kier alpha value is -0.0800. The van der Waals surface area contributed by atoms with Crippen molar-refractivity contribution in [2.75, 3.05) is 6.54 Å². The van der Waals surface area contributed by atoms with E-state index in [1.165, 1.54) is 38.5 Å². The molecule has 2 fully saturated rings. The zero-order chi connectivity index (χ0) is 13.0. The topological polar surface area (TPSA) is 32.3 Å². The monoisotopic (exact) mass is 253 g/mol. The molecule has 3 atom stereocenters. The summed E-state index contributed by atoms with van der Waals surface area (Å²) in [5.74, 6) is 2.50. The molecule has 0 bridgehead atoms. The fraction of sp³-hybridized carbons (Fsp3) is 1.00. The number of aliphatic hydroxyl groups excluding tert-OH is 1. The van der Waals surface area contributed by atoms with E-state index in [4.69, 9.17) is 0 Å². The summed E-state index contributed by atoms with van der Waals surface area (Å²) in [4.78, 5) is 0. The molecule has 0 aromatic carbocycles. The summed E-state index contributed by atoms with van der Waals surface area (Å²) in [6.45, 7) is 5.78. The average Bonchev–Trinajstić information content (AvgIpc) is 3.13. The van der Waals surface area contributed by atoms with Gasteiger partial charge in [0.25, 0.3) is 0 Å². The molecule has 0 spiro atoms. The van der Waals surface area contributed by atoms with Crippen LogP contribution in [0.25, 0.3) is 0 Å². The van der Waals surface area contributed by atoms with Gasteiger partial charge in [-0.25, -0.2) is 0 Å². The smallest absolute Gasteiger partial charge is 0.0543 e. The molecule has 2 heteroatoms. The van der Waals surface area contributed by atoms with Crippen LogP contribution in [-0.2, 0) is 0 Å². The van der Waals surface area contributed by atoms with Gasteiger partial charge in [-0.15, -0.1) is 0 Å². The van der Waals surface area contributed by atoms with Gasteiger partial charge in [0.05, 0.1) is 6.10 Å². The van der Waals surface area contributed by atoms with Crippen LogP contribution in [0.5, 0.6) is 0 Å². The molecule has 2 rings (SSSR count). The van der Waals surface area contributed by atoms with Crippen LogP contribution in [0.4, 0.5) is 0 Å². The molecule has 0 radical (unpaired) electrons. The van der Waals surface area contributed by atoms with Crippen LogP contribution < -0.4 is 5.32 Å². The molecular formula is C16H31NO. The molecule has 0 aromatic heterocycles. The molecule has 2 aliphatic carbocycles. The van der Waals surface area contributed by atoms with Gasteiger partial charge in [0.15, 0.2) is 0 Å². The zero-order valence-corrected chi connectivity index (χ0v) is 12.2. The van der Waals surface area contributed by atoms with Crippen LogP contribution in [-0.4, -0.2) is 23.8 Å². The van der Waals surface area contributed by atoms with E-state index in [9.17, 15) is 5.11 Å². The first kappa shape index (κ1) is 14.3. The van der Waals surface area contributed by atoms with Crippen LogP contribution in [0.15, 0.2) is 0 Å². The van der Waals surface area contributed by atoms with Gasteiger partial charge in [0, 0.05) is 6.04 Å². The molecule has 2 aliphatic rings. The number of hydrogen-bond donors (Lipinski definition) is 2. The molecule has 0 aliphatic heterocycles. The third-order valence-corrected chi connectivity index (χ3v) is 4.67. The average molecular weight is 253 g/mol. The van der Waals surface area contributed by atoms with Crippen molar-refractivity contribution in [2.45, 2.75) is 77.4 Å². The maximum Gasteiger partial charge on any atom is 0.0543 e. The first-order valence-electron chi connectivity index (χ1n) is 8.06. The van der Waals surface area contributed by atoms with E-state index in [2.05, 4.69) is 19.2 Å². The third kappa shape index (κ3) is 4.89. The lowest BCUT2D eigenvalue weighted by atomic mass is 9.87. The zero-order valence-electron chi connectivity index (χ0n) is 12.2. The van der Waals surface area contributed by atoms with Crippen LogP contribution in [0.2, 0.25) is 0 Å². The Morgan fingerprint density at radius 2 is 1.89 bits per heavy atom. The molecule has 106 valence electrons. The van der Waals surface area contributed by atoms with Crippen molar-refractivity contribution in [1.29, 1.82) is 0 Å². The highest BCUT2D eigenvalue weighted by atomic mass is 16.3. The molecule has 2 N–H and O–H groups in total. The predicted molar refractivity (Wildman–Crippen MR) is 76.6 cm³/mol. The Balaban J connectivity index is 1.68. The Kier molecular flexibility index (Phi) is 5.50. The second-order valence-electron chi connectivity index (χ2n) is 7.01. The highest BCUT2D eigenvalue weighted by Crippen LogP contribution is 2.35. The van der Waals surface area contributed by atoms with E-state index in [1.807, 2.05) is 0 Å². The van der Waals surface area contributed by atoms with Crippen molar-refractivity contribution < 1.29 is 5.11 Å². The molecule has 2 nitrogen and oxygen atoms in total. The van der Waals surface area contributed by atoms with Gasteiger partial charge in [-0.05, 0) is 69.2 Å². The van der Waals surface area contributed by atoms with E-state index in [1.54, 1.807) is 0 Å². The molecule has 3 unspecified atom stereocenters. The first-order chi connectivity index (χ1) is 8.65. The van der Waals surface area contributed by atoms with Crippen LogP contribution in [0.3, 0.4) is 0 Å². The summed E-state index contributed by atoms with van der Waals surface area (Å²) >= 11 is 0. The highest BCUT2D eigenvalue weighted by molar-refractivity contribution is 4.87. The van der Waals surface area contributed by atoms with E-state index < -0.39 is 0 Å². The van der Waals surface area contributed by atoms with Gasteiger partial charge >= 0.3 is 0 Å². The predicted octanol–water partition coefficient (Wildman–Crippen LogP) is 3.34. The summed E-state index contributed by atoms with van der Waals surface area (Å²) in [5.41, 5.74) is 0. The number of hydrogen-bond acceptors (Lipinski definition) is 2. The second kappa shape index (κ2) is 6.91. The molecule has 0 aromatic rings. The fourth-order valence-corrected chi connectivity index (χ4v) is 3.28. The van der Waals surface area contributed by atoms with E-state index in [-0.39, 0.29) is 6.10 Å².